The van der Waals surface area contributed by atoms with E-state index in [-0.39, 0.29) is 23.8 Å². The van der Waals surface area contributed by atoms with Crippen LogP contribution in [0.2, 0.25) is 0 Å². The quantitative estimate of drug-likeness (QED) is 0.710. The molecular formula is C18H26N2O2. The van der Waals surface area contributed by atoms with Crippen molar-refractivity contribution in [2.45, 2.75) is 52.0 Å². The molecule has 4 heteroatoms. The van der Waals surface area contributed by atoms with Gasteiger partial charge < -0.3 is 9.47 Å². The van der Waals surface area contributed by atoms with Gasteiger partial charge in [-0.1, -0.05) is 30.3 Å². The van der Waals surface area contributed by atoms with Crippen molar-refractivity contribution < 1.29 is 9.47 Å². The van der Waals surface area contributed by atoms with Crippen molar-refractivity contribution in [3.8, 4) is 6.07 Å². The lowest BCUT2D eigenvalue weighted by molar-refractivity contribution is -0.179. The van der Waals surface area contributed by atoms with E-state index in [1.54, 1.807) is 0 Å². The monoisotopic (exact) mass is 302 g/mol. The van der Waals surface area contributed by atoms with Crippen LogP contribution in [-0.2, 0) is 9.47 Å². The predicted octanol–water partition coefficient (Wildman–Crippen LogP) is 3.41. The van der Waals surface area contributed by atoms with Gasteiger partial charge in [-0.05, 0) is 39.2 Å². The highest BCUT2D eigenvalue weighted by Gasteiger charge is 2.57. The Bertz CT molecular complexity index is 488. The summed E-state index contributed by atoms with van der Waals surface area (Å²) in [5, 5.41) is 13.1. The van der Waals surface area contributed by atoms with Gasteiger partial charge in [-0.15, -0.1) is 0 Å². The Morgan fingerprint density at radius 1 is 1.18 bits per heavy atom. The van der Waals surface area contributed by atoms with Gasteiger partial charge in [0.05, 0.1) is 11.5 Å². The summed E-state index contributed by atoms with van der Waals surface area (Å²) in [5.74, 6) is 0. The number of ether oxygens (including phenoxy) is 2. The van der Waals surface area contributed by atoms with Crippen LogP contribution in [0, 0.1) is 16.7 Å². The number of hydrogen-bond acceptors (Lipinski definition) is 4. The molecule has 0 amide bonds. The fourth-order valence-corrected chi connectivity index (χ4v) is 2.91. The van der Waals surface area contributed by atoms with Gasteiger partial charge in [0.15, 0.2) is 6.29 Å². The van der Waals surface area contributed by atoms with Crippen LogP contribution in [0.15, 0.2) is 30.3 Å². The molecule has 2 atom stereocenters. The largest absolute Gasteiger partial charge is 0.352 e. The summed E-state index contributed by atoms with van der Waals surface area (Å²) >= 11 is 0. The molecule has 1 aliphatic rings. The Morgan fingerprint density at radius 3 is 2.23 bits per heavy atom. The van der Waals surface area contributed by atoms with Crippen LogP contribution in [0.3, 0.4) is 0 Å². The lowest BCUT2D eigenvalue weighted by atomic mass is 9.94. The zero-order chi connectivity index (χ0) is 16.0. The van der Waals surface area contributed by atoms with E-state index in [1.165, 1.54) is 5.56 Å². The van der Waals surface area contributed by atoms with Crippen molar-refractivity contribution in [3.05, 3.63) is 35.9 Å². The molecule has 0 unspecified atom stereocenters. The van der Waals surface area contributed by atoms with E-state index in [4.69, 9.17) is 9.47 Å². The maximum Gasteiger partial charge on any atom is 0.165 e. The molecular weight excluding hydrogens is 276 g/mol. The number of rotatable bonds is 9. The lowest BCUT2D eigenvalue weighted by Crippen LogP contribution is -2.45. The third kappa shape index (κ3) is 3.67. The molecule has 0 bridgehead atoms. The van der Waals surface area contributed by atoms with Gasteiger partial charge >= 0.3 is 0 Å². The molecule has 1 saturated carbocycles. The Kier molecular flexibility index (Phi) is 5.96. The summed E-state index contributed by atoms with van der Waals surface area (Å²) in [7, 11) is 0. The maximum absolute atomic E-state index is 9.66. The molecule has 0 heterocycles. The summed E-state index contributed by atoms with van der Waals surface area (Å²) in [6.07, 6.45) is 1.62. The van der Waals surface area contributed by atoms with Crippen molar-refractivity contribution in [3.63, 3.8) is 0 Å². The lowest BCUT2D eigenvalue weighted by Gasteiger charge is -2.32. The molecule has 0 spiro atoms. The van der Waals surface area contributed by atoms with Crippen molar-refractivity contribution in [2.75, 3.05) is 13.2 Å². The topological polar surface area (TPSA) is 54.3 Å². The average Bonchev–Trinajstić information content (AvgIpc) is 3.34. The third-order valence-electron chi connectivity index (χ3n) is 4.35. The van der Waals surface area contributed by atoms with Gasteiger partial charge in [0.25, 0.3) is 0 Å². The van der Waals surface area contributed by atoms with Gasteiger partial charge in [-0.25, -0.2) is 0 Å². The smallest absolute Gasteiger partial charge is 0.165 e. The van der Waals surface area contributed by atoms with E-state index in [2.05, 4.69) is 30.4 Å². The van der Waals surface area contributed by atoms with E-state index in [9.17, 15) is 5.26 Å². The standard InChI is InChI=1S/C18H26N2O2/c1-4-21-17(22-5-2)18(11-12-18)16(13-19)20-14(3)15-9-7-6-8-10-15/h6-10,14,16-17,20H,4-5,11-12H2,1-3H3/t14-,16+/m1/s1. The zero-order valence-electron chi connectivity index (χ0n) is 13.7. The Labute approximate surface area is 133 Å². The third-order valence-corrected chi connectivity index (χ3v) is 4.35. The number of hydrogen-bond donors (Lipinski definition) is 1. The molecule has 4 nitrogen and oxygen atoms in total. The number of nitrogens with zero attached hydrogens (tertiary/aromatic N) is 1. The zero-order valence-corrected chi connectivity index (χ0v) is 13.7. The Morgan fingerprint density at radius 2 is 1.77 bits per heavy atom. The Balaban J connectivity index is 2.09. The van der Waals surface area contributed by atoms with Gasteiger partial charge in [-0.2, -0.15) is 5.26 Å². The molecule has 1 fully saturated rings. The molecule has 0 radical (unpaired) electrons. The molecule has 0 aromatic heterocycles. The Hall–Kier alpha value is -1.41. The predicted molar refractivity (Wildman–Crippen MR) is 86.1 cm³/mol. The summed E-state index contributed by atoms with van der Waals surface area (Å²) in [6, 6.07) is 12.5. The molecule has 0 aliphatic heterocycles. The molecule has 1 aromatic rings. The second kappa shape index (κ2) is 7.73. The number of nitriles is 1. The van der Waals surface area contributed by atoms with E-state index >= 15 is 0 Å². The van der Waals surface area contributed by atoms with Gasteiger partial charge in [0.2, 0.25) is 0 Å². The minimum atomic E-state index is -0.303. The minimum absolute atomic E-state index is 0.118. The first kappa shape index (κ1) is 17.0. The van der Waals surface area contributed by atoms with E-state index in [0.717, 1.165) is 12.8 Å². The first-order valence-electron chi connectivity index (χ1n) is 8.11. The molecule has 0 saturated heterocycles. The van der Waals surface area contributed by atoms with Crippen LogP contribution >= 0.6 is 0 Å². The van der Waals surface area contributed by atoms with Crippen LogP contribution in [0.5, 0.6) is 0 Å². The molecule has 1 N–H and O–H groups in total. The summed E-state index contributed by atoms with van der Waals surface area (Å²) in [6.45, 7) is 7.21. The van der Waals surface area contributed by atoms with E-state index < -0.39 is 0 Å². The van der Waals surface area contributed by atoms with Gasteiger partial charge in [0, 0.05) is 19.3 Å². The average molecular weight is 302 g/mol. The van der Waals surface area contributed by atoms with Crippen molar-refractivity contribution in [1.29, 1.82) is 5.26 Å². The first-order chi connectivity index (χ1) is 10.7. The summed E-state index contributed by atoms with van der Waals surface area (Å²) in [4.78, 5) is 0. The fourth-order valence-electron chi connectivity index (χ4n) is 2.91. The molecule has 1 aliphatic carbocycles. The van der Waals surface area contributed by atoms with Crippen molar-refractivity contribution in [2.24, 2.45) is 5.41 Å². The molecule has 22 heavy (non-hydrogen) atoms. The summed E-state index contributed by atoms with van der Waals surface area (Å²) in [5.41, 5.74) is 0.965. The van der Waals surface area contributed by atoms with Crippen molar-refractivity contribution >= 4 is 0 Å². The first-order valence-corrected chi connectivity index (χ1v) is 8.11. The fraction of sp³-hybridized carbons (Fsp3) is 0.611. The van der Waals surface area contributed by atoms with E-state index in [1.807, 2.05) is 32.0 Å². The second-order valence-corrected chi connectivity index (χ2v) is 5.84. The van der Waals surface area contributed by atoms with Crippen LogP contribution in [-0.4, -0.2) is 25.5 Å². The highest BCUT2D eigenvalue weighted by molar-refractivity contribution is 5.21. The minimum Gasteiger partial charge on any atom is -0.352 e. The second-order valence-electron chi connectivity index (χ2n) is 5.84. The van der Waals surface area contributed by atoms with Crippen LogP contribution in [0.1, 0.15) is 45.2 Å². The van der Waals surface area contributed by atoms with Gasteiger partial charge in [-0.3, -0.25) is 5.32 Å². The van der Waals surface area contributed by atoms with Crippen molar-refractivity contribution in [1.82, 2.24) is 5.32 Å². The van der Waals surface area contributed by atoms with Crippen LogP contribution < -0.4 is 5.32 Å². The molecule has 1 aromatic carbocycles. The van der Waals surface area contributed by atoms with Crippen LogP contribution in [0.4, 0.5) is 0 Å². The molecule has 2 rings (SSSR count). The van der Waals surface area contributed by atoms with Gasteiger partial charge in [0.1, 0.15) is 6.04 Å². The number of nitrogens with one attached hydrogen (secondary N) is 1. The maximum atomic E-state index is 9.66. The normalized spacial score (nSPS) is 18.7. The molecule has 120 valence electrons. The van der Waals surface area contributed by atoms with Crippen LogP contribution in [0.25, 0.3) is 0 Å². The SMILES string of the molecule is CCOC(OCC)C1([C@H](C#N)N[C@H](C)c2ccccc2)CC1. The van der Waals surface area contributed by atoms with E-state index in [0.29, 0.717) is 13.2 Å². The number of benzene rings is 1. The summed E-state index contributed by atoms with van der Waals surface area (Å²) < 4.78 is 11.5. The highest BCUT2D eigenvalue weighted by Crippen LogP contribution is 2.53. The highest BCUT2D eigenvalue weighted by atomic mass is 16.7.